The molecule has 0 aliphatic rings. The van der Waals surface area contributed by atoms with E-state index >= 15 is 0 Å². The number of fused-ring (bicyclic) bond motifs is 1. The number of carbonyl (C=O) groups is 2. The van der Waals surface area contributed by atoms with Gasteiger partial charge in [-0.2, -0.15) is 0 Å². The zero-order valence-electron chi connectivity index (χ0n) is 34.4. The molecule has 15 nitrogen and oxygen atoms in total. The van der Waals surface area contributed by atoms with Gasteiger partial charge in [0.1, 0.15) is 34.1 Å². The lowest BCUT2D eigenvalue weighted by Crippen LogP contribution is -2.28. The van der Waals surface area contributed by atoms with Gasteiger partial charge in [0.05, 0.1) is 69.9 Å². The third-order valence-electron chi connectivity index (χ3n) is 8.81. The third kappa shape index (κ3) is 12.5. The molecule has 0 aliphatic carbocycles. The minimum absolute atomic E-state index is 0.265. The van der Waals surface area contributed by atoms with Crippen LogP contribution >= 0.6 is 0 Å². The molecule has 4 aromatic carbocycles. The molecule has 0 bridgehead atoms. The fourth-order valence-electron chi connectivity index (χ4n) is 5.92. The number of aromatic nitrogens is 1. The second-order valence-electron chi connectivity index (χ2n) is 14.1. The van der Waals surface area contributed by atoms with Gasteiger partial charge in [-0.3, -0.25) is 4.79 Å². The number of nitrogens with one attached hydrogen (secondary N) is 5. The van der Waals surface area contributed by atoms with Gasteiger partial charge in [-0.1, -0.05) is 45.0 Å². The number of urea groups is 1. The average molecular weight is 829 g/mol. The quantitative estimate of drug-likeness (QED) is 0.0483. The normalized spacial score (nSPS) is 11.7. The van der Waals surface area contributed by atoms with Crippen LogP contribution < -0.4 is 40.2 Å². The Morgan fingerprint density at radius 3 is 2.17 bits per heavy atom. The second-order valence-corrected chi connectivity index (χ2v) is 15.3. The summed E-state index contributed by atoms with van der Waals surface area (Å²) in [5.74, 6) is 2.02. The van der Waals surface area contributed by atoms with Crippen LogP contribution in [0.4, 0.5) is 33.4 Å². The minimum Gasteiger partial charge on any atom is -0.496 e. The molecule has 3 amide bonds. The van der Waals surface area contributed by atoms with Crippen LogP contribution in [0.15, 0.2) is 85.1 Å². The molecule has 314 valence electrons. The van der Waals surface area contributed by atoms with Crippen LogP contribution in [-0.2, 0) is 30.6 Å². The van der Waals surface area contributed by atoms with Crippen LogP contribution in [0.3, 0.4) is 0 Å². The predicted octanol–water partition coefficient (Wildman–Crippen LogP) is 7.84. The first-order valence-corrected chi connectivity index (χ1v) is 20.4. The van der Waals surface area contributed by atoms with E-state index < -0.39 is 17.0 Å². The van der Waals surface area contributed by atoms with Gasteiger partial charge in [0.2, 0.25) is 0 Å². The summed E-state index contributed by atoms with van der Waals surface area (Å²) in [7, 11) is 3.24. The summed E-state index contributed by atoms with van der Waals surface area (Å²) in [4.78, 5) is 30.8. The highest BCUT2D eigenvalue weighted by atomic mass is 32.2. The Balaban J connectivity index is 1.25. The minimum atomic E-state index is -1.37. The lowest BCUT2D eigenvalue weighted by atomic mass is 9.86. The van der Waals surface area contributed by atoms with Crippen molar-refractivity contribution >= 4 is 62.3 Å². The van der Waals surface area contributed by atoms with Crippen molar-refractivity contribution in [2.24, 2.45) is 0 Å². The van der Waals surface area contributed by atoms with Crippen molar-refractivity contribution in [1.29, 1.82) is 0 Å². The molecule has 16 heteroatoms. The summed E-state index contributed by atoms with van der Waals surface area (Å²) >= 11 is 0. The molecule has 5 rings (SSSR count). The summed E-state index contributed by atoms with van der Waals surface area (Å²) in [6.45, 7) is 8.71. The van der Waals surface area contributed by atoms with Gasteiger partial charge >= 0.3 is 6.03 Å². The van der Waals surface area contributed by atoms with E-state index in [0.29, 0.717) is 96.7 Å². The Morgan fingerprint density at radius 1 is 0.746 bits per heavy atom. The highest BCUT2D eigenvalue weighted by molar-refractivity contribution is 7.85. The molecule has 0 fully saturated rings. The first kappa shape index (κ1) is 44.2. The molecule has 1 unspecified atom stereocenters. The lowest BCUT2D eigenvalue weighted by molar-refractivity contribution is 0.0255. The molecule has 0 spiro atoms. The Bertz CT molecular complexity index is 2250. The van der Waals surface area contributed by atoms with Crippen molar-refractivity contribution < 1.29 is 42.2 Å². The Morgan fingerprint density at radius 2 is 1.46 bits per heavy atom. The number of hydrogen-bond acceptors (Lipinski definition) is 11. The van der Waals surface area contributed by atoms with Crippen molar-refractivity contribution in [3.05, 3.63) is 96.2 Å². The van der Waals surface area contributed by atoms with Crippen LogP contribution in [0.5, 0.6) is 23.0 Å². The number of ether oxygens (including phenoxy) is 6. The van der Waals surface area contributed by atoms with Gasteiger partial charge in [-0.15, -0.1) is 0 Å². The molecule has 0 aliphatic heterocycles. The summed E-state index contributed by atoms with van der Waals surface area (Å²) in [5.41, 5.74) is 3.15. The summed E-state index contributed by atoms with van der Waals surface area (Å²) in [5, 5.41) is 13.5. The number of nitrogens with zero attached hydrogens (tertiary/aromatic N) is 1. The Labute approximate surface area is 347 Å². The first-order valence-electron chi connectivity index (χ1n) is 18.8. The molecule has 0 radical (unpaired) electrons. The van der Waals surface area contributed by atoms with Crippen molar-refractivity contribution in [2.75, 3.05) is 87.8 Å². The number of amides is 3. The fraction of sp³-hybridized carbons (Fsp3) is 0.326. The smallest absolute Gasteiger partial charge is 0.323 e. The summed E-state index contributed by atoms with van der Waals surface area (Å²) in [6.07, 6.45) is 3.15. The number of pyridine rings is 1. The molecule has 5 N–H and O–H groups in total. The van der Waals surface area contributed by atoms with Crippen molar-refractivity contribution in [1.82, 2.24) is 10.3 Å². The zero-order valence-corrected chi connectivity index (χ0v) is 35.2. The molecular formula is C43H52N6O9S. The molecule has 0 saturated heterocycles. The highest BCUT2D eigenvalue weighted by Gasteiger charge is 2.22. The topological polar surface area (TPSA) is 180 Å². The van der Waals surface area contributed by atoms with Crippen LogP contribution in [0.1, 0.15) is 36.7 Å². The van der Waals surface area contributed by atoms with Gasteiger partial charge in [0.25, 0.3) is 5.91 Å². The van der Waals surface area contributed by atoms with Crippen molar-refractivity contribution in [3.63, 3.8) is 0 Å². The summed E-state index contributed by atoms with van der Waals surface area (Å²) < 4.78 is 48.4. The predicted molar refractivity (Wildman–Crippen MR) is 232 cm³/mol. The SMILES string of the molecule is COCCOCCOCCNC(=O)c1ccc(Nc2cc(Oc3ccc(NC(=O)Nc4cc(C(C)(C)C)cc(NS(C)=O)c4OC)c4ccccc34)ccn2)cc1OC. The zero-order chi connectivity index (χ0) is 42.4. The lowest BCUT2D eigenvalue weighted by Gasteiger charge is -2.24. The van der Waals surface area contributed by atoms with E-state index in [9.17, 15) is 13.8 Å². The molecule has 5 aromatic rings. The van der Waals surface area contributed by atoms with E-state index in [4.69, 9.17) is 28.4 Å². The number of benzene rings is 4. The Kier molecular flexibility index (Phi) is 15.9. The number of carbonyl (C=O) groups excluding carboxylic acids is 2. The third-order valence-corrected chi connectivity index (χ3v) is 9.31. The largest absolute Gasteiger partial charge is 0.496 e. The van der Waals surface area contributed by atoms with E-state index in [2.05, 4.69) is 51.7 Å². The number of hydrogen-bond donors (Lipinski definition) is 5. The molecule has 1 heterocycles. The van der Waals surface area contributed by atoms with Crippen LogP contribution in [-0.4, -0.2) is 88.3 Å². The maximum atomic E-state index is 13.5. The van der Waals surface area contributed by atoms with Gasteiger partial charge in [0.15, 0.2) is 5.75 Å². The molecule has 0 saturated carbocycles. The van der Waals surface area contributed by atoms with Crippen LogP contribution in [0, 0.1) is 0 Å². The fourth-order valence-corrected chi connectivity index (χ4v) is 6.38. The molecule has 1 aromatic heterocycles. The van der Waals surface area contributed by atoms with Crippen LogP contribution in [0.2, 0.25) is 0 Å². The van der Waals surface area contributed by atoms with Crippen molar-refractivity contribution in [3.8, 4) is 23.0 Å². The molecule has 1 atom stereocenters. The highest BCUT2D eigenvalue weighted by Crippen LogP contribution is 2.40. The van der Waals surface area contributed by atoms with Gasteiger partial charge in [-0.05, 0) is 53.4 Å². The molecular weight excluding hydrogens is 777 g/mol. The van der Waals surface area contributed by atoms with E-state index in [-0.39, 0.29) is 11.3 Å². The second kappa shape index (κ2) is 21.2. The van der Waals surface area contributed by atoms with E-state index in [1.54, 1.807) is 55.8 Å². The van der Waals surface area contributed by atoms with E-state index in [0.717, 1.165) is 16.3 Å². The van der Waals surface area contributed by atoms with Gasteiger partial charge < -0.3 is 54.4 Å². The maximum Gasteiger partial charge on any atom is 0.323 e. The van der Waals surface area contributed by atoms with Crippen molar-refractivity contribution in [2.45, 2.75) is 26.2 Å². The standard InChI is InChI=1S/C43H52N6O9S/c1-43(2,3)28-24-35(40(55-6)36(25-28)49-59(7)52)48-42(51)47-34-14-15-37(32-11-9-8-10-31(32)34)58-30-16-17-44-39(27-30)46-29-12-13-33(38(26-29)54-5)41(50)45-18-19-56-22-23-57-21-20-53-4/h8-17,24-27,49H,18-23H2,1-7H3,(H,44,46)(H,45,50)(H2,47,48,51). The number of methoxy groups -OCH3 is 3. The van der Waals surface area contributed by atoms with E-state index in [1.807, 2.05) is 36.4 Å². The average Bonchev–Trinajstić information content (AvgIpc) is 3.20. The van der Waals surface area contributed by atoms with Crippen LogP contribution in [0.25, 0.3) is 10.8 Å². The monoisotopic (exact) mass is 828 g/mol. The maximum absolute atomic E-state index is 13.5. The Hall–Kier alpha value is -5.94. The summed E-state index contributed by atoms with van der Waals surface area (Å²) in [6, 6.07) is 23.0. The molecule has 59 heavy (non-hydrogen) atoms. The van der Waals surface area contributed by atoms with E-state index in [1.165, 1.54) is 20.5 Å². The van der Waals surface area contributed by atoms with Gasteiger partial charge in [-0.25, -0.2) is 14.0 Å². The van der Waals surface area contributed by atoms with Gasteiger partial charge in [0, 0.05) is 54.7 Å². The number of anilines is 5. The number of rotatable bonds is 20. The first-order chi connectivity index (χ1) is 28.4.